The molecule has 0 aliphatic rings. The second-order valence-corrected chi connectivity index (χ2v) is 3.57. The Morgan fingerprint density at radius 3 is 2.41 bits per heavy atom. The molecule has 0 heterocycles. The average Bonchev–Trinajstić information content (AvgIpc) is 2.29. The number of carbonyl (C=O) groups is 2. The first-order chi connectivity index (χ1) is 8.16. The lowest BCUT2D eigenvalue weighted by molar-refractivity contribution is -0.126. The molecule has 0 unspecified atom stereocenters. The van der Waals surface area contributed by atoms with Crippen molar-refractivity contribution < 1.29 is 19.1 Å². The van der Waals surface area contributed by atoms with E-state index in [4.69, 9.17) is 9.47 Å². The number of ketones is 1. The number of rotatable bonds is 11. The number of ether oxygens (including phenoxy) is 2. The van der Waals surface area contributed by atoms with Crippen LogP contribution in [0, 0.1) is 0 Å². The van der Waals surface area contributed by atoms with Gasteiger partial charge in [0.2, 0.25) is 5.91 Å². The lowest BCUT2D eigenvalue weighted by Crippen LogP contribution is -2.31. The maximum absolute atomic E-state index is 11.2. The Hall–Kier alpha value is -0.980. The highest BCUT2D eigenvalue weighted by atomic mass is 16.5. The van der Waals surface area contributed by atoms with E-state index in [1.54, 1.807) is 0 Å². The van der Waals surface area contributed by atoms with E-state index >= 15 is 0 Å². The third-order valence-electron chi connectivity index (χ3n) is 1.90. The van der Waals surface area contributed by atoms with Gasteiger partial charge in [0.05, 0.1) is 19.8 Å². The van der Waals surface area contributed by atoms with E-state index in [1.165, 1.54) is 6.92 Å². The largest absolute Gasteiger partial charge is 0.379 e. The molecular weight excluding hydrogens is 224 g/mol. The van der Waals surface area contributed by atoms with Crippen molar-refractivity contribution in [3.8, 4) is 0 Å². The van der Waals surface area contributed by atoms with Crippen LogP contribution in [0.4, 0.5) is 0 Å². The fourth-order valence-electron chi connectivity index (χ4n) is 0.971. The van der Waals surface area contributed by atoms with Crippen LogP contribution in [0.1, 0.15) is 13.3 Å². The predicted octanol–water partition coefficient (Wildman–Crippen LogP) is -0.666. The van der Waals surface area contributed by atoms with Crippen molar-refractivity contribution in [1.29, 1.82) is 0 Å². The second-order valence-electron chi connectivity index (χ2n) is 3.57. The van der Waals surface area contributed by atoms with Gasteiger partial charge in [-0.15, -0.1) is 0 Å². The standard InChI is InChI=1S/C11H22N2O4/c1-10(14)3-6-16-8-5-13-11(15)9-17-7-4-12-2/h12H,3-9H2,1-2H3,(H,13,15). The summed E-state index contributed by atoms with van der Waals surface area (Å²) in [6, 6.07) is 0. The highest BCUT2D eigenvalue weighted by molar-refractivity contribution is 5.77. The van der Waals surface area contributed by atoms with Gasteiger partial charge in [0.1, 0.15) is 12.4 Å². The normalized spacial score (nSPS) is 10.2. The van der Waals surface area contributed by atoms with Crippen molar-refractivity contribution in [1.82, 2.24) is 10.6 Å². The van der Waals surface area contributed by atoms with Gasteiger partial charge in [-0.05, 0) is 14.0 Å². The molecule has 0 atom stereocenters. The quantitative estimate of drug-likeness (QED) is 0.473. The Bertz CT molecular complexity index is 222. The van der Waals surface area contributed by atoms with Crippen LogP contribution in [0.25, 0.3) is 0 Å². The van der Waals surface area contributed by atoms with Gasteiger partial charge in [-0.25, -0.2) is 0 Å². The molecule has 100 valence electrons. The van der Waals surface area contributed by atoms with E-state index in [9.17, 15) is 9.59 Å². The summed E-state index contributed by atoms with van der Waals surface area (Å²) in [7, 11) is 1.82. The van der Waals surface area contributed by atoms with E-state index in [0.29, 0.717) is 32.8 Å². The average molecular weight is 246 g/mol. The smallest absolute Gasteiger partial charge is 0.246 e. The molecule has 0 aromatic rings. The number of hydrogen-bond acceptors (Lipinski definition) is 5. The molecule has 0 fully saturated rings. The minimum Gasteiger partial charge on any atom is -0.379 e. The summed E-state index contributed by atoms with van der Waals surface area (Å²) >= 11 is 0. The number of carbonyl (C=O) groups excluding carboxylic acids is 2. The first-order valence-corrected chi connectivity index (χ1v) is 5.73. The molecule has 1 amide bonds. The van der Waals surface area contributed by atoms with Gasteiger partial charge in [0.25, 0.3) is 0 Å². The van der Waals surface area contributed by atoms with Crippen LogP contribution in [0.3, 0.4) is 0 Å². The van der Waals surface area contributed by atoms with Crippen LogP contribution in [-0.4, -0.2) is 58.3 Å². The minimum atomic E-state index is -0.156. The third kappa shape index (κ3) is 13.0. The summed E-state index contributed by atoms with van der Waals surface area (Å²) in [6.45, 7) is 4.08. The zero-order valence-corrected chi connectivity index (χ0v) is 10.6. The third-order valence-corrected chi connectivity index (χ3v) is 1.90. The lowest BCUT2D eigenvalue weighted by atomic mass is 10.3. The fraction of sp³-hybridized carbons (Fsp3) is 0.818. The Morgan fingerprint density at radius 1 is 1.06 bits per heavy atom. The molecule has 6 nitrogen and oxygen atoms in total. The molecule has 2 N–H and O–H groups in total. The summed E-state index contributed by atoms with van der Waals surface area (Å²) in [6.07, 6.45) is 0.418. The number of Topliss-reactive ketones (excluding diaryl/α,β-unsaturated/α-hetero) is 1. The van der Waals surface area contributed by atoms with E-state index in [1.807, 2.05) is 7.05 Å². The van der Waals surface area contributed by atoms with Gasteiger partial charge in [-0.1, -0.05) is 0 Å². The maximum atomic E-state index is 11.2. The molecule has 0 saturated carbocycles. The van der Waals surface area contributed by atoms with Crippen molar-refractivity contribution in [2.45, 2.75) is 13.3 Å². The van der Waals surface area contributed by atoms with Gasteiger partial charge in [-0.3, -0.25) is 9.59 Å². The van der Waals surface area contributed by atoms with Crippen molar-refractivity contribution in [2.75, 3.05) is 46.6 Å². The predicted molar refractivity (Wildman–Crippen MR) is 63.9 cm³/mol. The van der Waals surface area contributed by atoms with E-state index in [-0.39, 0.29) is 18.3 Å². The molecule has 0 aliphatic heterocycles. The summed E-state index contributed by atoms with van der Waals surface area (Å²) in [4.78, 5) is 21.8. The summed E-state index contributed by atoms with van der Waals surface area (Å²) in [5, 5.41) is 5.57. The Balaban J connectivity index is 3.19. The first kappa shape index (κ1) is 16.0. The number of hydrogen-bond donors (Lipinski definition) is 2. The number of nitrogens with one attached hydrogen (secondary N) is 2. The van der Waals surface area contributed by atoms with Crippen LogP contribution >= 0.6 is 0 Å². The molecule has 6 heteroatoms. The van der Waals surface area contributed by atoms with Crippen molar-refractivity contribution in [2.24, 2.45) is 0 Å². The molecular formula is C11H22N2O4. The Morgan fingerprint density at radius 2 is 1.76 bits per heavy atom. The SMILES string of the molecule is CNCCOCC(=O)NCCOCCC(C)=O. The molecule has 0 aromatic heterocycles. The first-order valence-electron chi connectivity index (χ1n) is 5.73. The van der Waals surface area contributed by atoms with Crippen LogP contribution in [0.15, 0.2) is 0 Å². The highest BCUT2D eigenvalue weighted by Gasteiger charge is 2.00. The second kappa shape index (κ2) is 11.5. The molecule has 0 spiro atoms. The number of likely N-dealkylation sites (N-methyl/N-ethyl adjacent to an activating group) is 1. The van der Waals surface area contributed by atoms with Gasteiger partial charge in [0.15, 0.2) is 0 Å². The van der Waals surface area contributed by atoms with Gasteiger partial charge in [-0.2, -0.15) is 0 Å². The van der Waals surface area contributed by atoms with Gasteiger partial charge >= 0.3 is 0 Å². The number of amides is 1. The molecule has 0 aliphatic carbocycles. The fourth-order valence-corrected chi connectivity index (χ4v) is 0.971. The Kier molecular flexibility index (Phi) is 10.8. The molecule has 0 rings (SSSR count). The van der Waals surface area contributed by atoms with E-state index in [2.05, 4.69) is 10.6 Å². The Labute approximate surface area is 102 Å². The molecule has 0 radical (unpaired) electrons. The lowest BCUT2D eigenvalue weighted by Gasteiger charge is -2.06. The van der Waals surface area contributed by atoms with Crippen LogP contribution < -0.4 is 10.6 Å². The van der Waals surface area contributed by atoms with Crippen molar-refractivity contribution in [3.63, 3.8) is 0 Å². The van der Waals surface area contributed by atoms with Crippen molar-refractivity contribution in [3.05, 3.63) is 0 Å². The van der Waals surface area contributed by atoms with Crippen molar-refractivity contribution >= 4 is 11.7 Å². The monoisotopic (exact) mass is 246 g/mol. The zero-order valence-electron chi connectivity index (χ0n) is 10.6. The van der Waals surface area contributed by atoms with E-state index < -0.39 is 0 Å². The van der Waals surface area contributed by atoms with E-state index in [0.717, 1.165) is 6.54 Å². The summed E-state index contributed by atoms with van der Waals surface area (Å²) < 4.78 is 10.2. The van der Waals surface area contributed by atoms with Crippen LogP contribution in [0.5, 0.6) is 0 Å². The molecule has 17 heavy (non-hydrogen) atoms. The van der Waals surface area contributed by atoms with Crippen LogP contribution in [-0.2, 0) is 19.1 Å². The maximum Gasteiger partial charge on any atom is 0.246 e. The molecule has 0 saturated heterocycles. The zero-order chi connectivity index (χ0) is 12.9. The minimum absolute atomic E-state index is 0.0646. The topological polar surface area (TPSA) is 76.7 Å². The molecule has 0 bridgehead atoms. The summed E-state index contributed by atoms with van der Waals surface area (Å²) in [5.74, 6) is -0.0526. The highest BCUT2D eigenvalue weighted by Crippen LogP contribution is 1.83. The summed E-state index contributed by atoms with van der Waals surface area (Å²) in [5.41, 5.74) is 0. The van der Waals surface area contributed by atoms with Gasteiger partial charge < -0.3 is 20.1 Å². The van der Waals surface area contributed by atoms with Crippen LogP contribution in [0.2, 0.25) is 0 Å². The molecule has 0 aromatic carbocycles. The van der Waals surface area contributed by atoms with Gasteiger partial charge in [0, 0.05) is 19.5 Å².